The van der Waals surface area contributed by atoms with Crippen LogP contribution in [-0.2, 0) is 16.0 Å². The number of fused-ring (bicyclic) bond motifs is 3. The van der Waals surface area contributed by atoms with E-state index >= 15 is 0 Å². The maximum Gasteiger partial charge on any atom is 0.407 e. The molecule has 0 fully saturated rings. The molecule has 0 spiro atoms. The van der Waals surface area contributed by atoms with Crippen LogP contribution in [0.1, 0.15) is 28.3 Å². The zero-order chi connectivity index (χ0) is 21.6. The predicted molar refractivity (Wildman–Crippen MR) is 116 cm³/mol. The average Bonchev–Trinajstić information content (AvgIpc) is 3.10. The summed E-state index contributed by atoms with van der Waals surface area (Å²) in [6.45, 7) is 0.385. The van der Waals surface area contributed by atoms with Gasteiger partial charge in [0, 0.05) is 17.7 Å². The van der Waals surface area contributed by atoms with Crippen LogP contribution in [0.15, 0.2) is 66.9 Å². The van der Waals surface area contributed by atoms with E-state index in [-0.39, 0.29) is 25.5 Å². The fourth-order valence-electron chi connectivity index (χ4n) is 3.67. The van der Waals surface area contributed by atoms with E-state index in [0.717, 1.165) is 11.1 Å². The summed E-state index contributed by atoms with van der Waals surface area (Å²) in [7, 11) is 0. The molecule has 0 unspecified atom stereocenters. The lowest BCUT2D eigenvalue weighted by Gasteiger charge is -2.14. The lowest BCUT2D eigenvalue weighted by atomic mass is 9.98. The summed E-state index contributed by atoms with van der Waals surface area (Å²) in [5.41, 5.74) is 5.80. The number of hydrogen-bond donors (Lipinski definition) is 2. The van der Waals surface area contributed by atoms with Crippen molar-refractivity contribution >= 4 is 12.1 Å². The average molecular weight is 412 g/mol. The number of carboxylic acids is 1. The number of nitrogens with one attached hydrogen (secondary N) is 1. The van der Waals surface area contributed by atoms with E-state index in [2.05, 4.69) is 46.4 Å². The molecule has 0 atom stereocenters. The van der Waals surface area contributed by atoms with Gasteiger partial charge in [-0.15, -0.1) is 0 Å². The van der Waals surface area contributed by atoms with Gasteiger partial charge in [0.2, 0.25) is 0 Å². The second-order valence-corrected chi connectivity index (χ2v) is 7.09. The lowest BCUT2D eigenvalue weighted by Crippen LogP contribution is -2.26. The number of pyridine rings is 1. The molecule has 0 aliphatic heterocycles. The number of alkyl carbamates (subject to hydrolysis) is 1. The van der Waals surface area contributed by atoms with Gasteiger partial charge in [-0.05, 0) is 34.4 Å². The summed E-state index contributed by atoms with van der Waals surface area (Å²) in [6.07, 6.45) is 0.862. The molecule has 0 radical (unpaired) electrons. The van der Waals surface area contributed by atoms with Gasteiger partial charge in [-0.2, -0.15) is 0 Å². The highest BCUT2D eigenvalue weighted by molar-refractivity contribution is 5.79. The highest BCUT2D eigenvalue weighted by Crippen LogP contribution is 2.44. The quantitative estimate of drug-likeness (QED) is 0.625. The minimum absolute atomic E-state index is 0.0135. The van der Waals surface area contributed by atoms with Crippen LogP contribution in [0, 0.1) is 11.8 Å². The molecule has 1 aliphatic carbocycles. The second kappa shape index (κ2) is 9.14. The number of aliphatic carboxylic acids is 1. The van der Waals surface area contributed by atoms with Crippen LogP contribution in [0.25, 0.3) is 11.1 Å². The third-order valence-corrected chi connectivity index (χ3v) is 5.05. The van der Waals surface area contributed by atoms with Gasteiger partial charge in [0.05, 0.1) is 18.7 Å². The Morgan fingerprint density at radius 2 is 1.68 bits per heavy atom. The van der Waals surface area contributed by atoms with E-state index in [0.29, 0.717) is 11.3 Å². The smallest absolute Gasteiger partial charge is 0.407 e. The van der Waals surface area contributed by atoms with Gasteiger partial charge in [-0.1, -0.05) is 60.4 Å². The molecule has 3 aromatic rings. The standard InChI is InChI=1S/C25H20N2O4/c28-24(29)14-18-12-11-17(15-27-18)6-5-13-26-25(30)31-16-23-21-9-3-1-7-19(21)20-8-2-4-10-22(20)23/h1-4,7-12,15,23H,13-14,16H2,(H,26,30)(H,28,29). The first-order chi connectivity index (χ1) is 15.1. The van der Waals surface area contributed by atoms with Crippen molar-refractivity contribution in [1.82, 2.24) is 10.3 Å². The number of benzene rings is 2. The van der Waals surface area contributed by atoms with Gasteiger partial charge >= 0.3 is 12.1 Å². The number of carbonyl (C=O) groups excluding carboxylic acids is 1. The maximum atomic E-state index is 12.1. The largest absolute Gasteiger partial charge is 0.481 e. The Morgan fingerprint density at radius 1 is 1.00 bits per heavy atom. The molecule has 0 bridgehead atoms. The first-order valence-electron chi connectivity index (χ1n) is 9.86. The van der Waals surface area contributed by atoms with Gasteiger partial charge in [0.25, 0.3) is 0 Å². The van der Waals surface area contributed by atoms with Crippen LogP contribution in [0.3, 0.4) is 0 Å². The summed E-state index contributed by atoms with van der Waals surface area (Å²) < 4.78 is 5.46. The highest BCUT2D eigenvalue weighted by Gasteiger charge is 2.28. The molecule has 0 saturated heterocycles. The monoisotopic (exact) mass is 412 g/mol. The zero-order valence-corrected chi connectivity index (χ0v) is 16.7. The molecule has 6 heteroatoms. The van der Waals surface area contributed by atoms with E-state index in [1.165, 1.54) is 17.3 Å². The first kappa shape index (κ1) is 20.2. The number of carboxylic acid groups (broad SMARTS) is 1. The van der Waals surface area contributed by atoms with Crippen LogP contribution >= 0.6 is 0 Å². The third kappa shape index (κ3) is 4.73. The van der Waals surface area contributed by atoms with E-state index in [1.54, 1.807) is 12.1 Å². The van der Waals surface area contributed by atoms with Crippen molar-refractivity contribution < 1.29 is 19.4 Å². The Bertz CT molecular complexity index is 1130. The summed E-state index contributed by atoms with van der Waals surface area (Å²) in [6, 6.07) is 19.7. The molecular weight excluding hydrogens is 392 g/mol. The topological polar surface area (TPSA) is 88.5 Å². The Labute approximate surface area is 179 Å². The summed E-state index contributed by atoms with van der Waals surface area (Å²) in [4.78, 5) is 26.8. The molecular formula is C25H20N2O4. The van der Waals surface area contributed by atoms with Crippen molar-refractivity contribution in [2.24, 2.45) is 0 Å². The van der Waals surface area contributed by atoms with Crippen LogP contribution in [0.2, 0.25) is 0 Å². The SMILES string of the molecule is O=C(O)Cc1ccc(C#CCNC(=O)OCC2c3ccccc3-c3ccccc32)cn1. The number of rotatable bonds is 5. The van der Waals surface area contributed by atoms with Crippen molar-refractivity contribution in [3.05, 3.63) is 89.2 Å². The number of aromatic nitrogens is 1. The van der Waals surface area contributed by atoms with Crippen LogP contribution in [0.5, 0.6) is 0 Å². The second-order valence-electron chi connectivity index (χ2n) is 7.09. The Balaban J connectivity index is 1.30. The van der Waals surface area contributed by atoms with Crippen molar-refractivity contribution in [3.8, 4) is 23.0 Å². The first-order valence-corrected chi connectivity index (χ1v) is 9.86. The molecule has 6 nitrogen and oxygen atoms in total. The minimum atomic E-state index is -0.932. The number of amides is 1. The van der Waals surface area contributed by atoms with Crippen molar-refractivity contribution in [2.75, 3.05) is 13.2 Å². The minimum Gasteiger partial charge on any atom is -0.481 e. The molecule has 1 heterocycles. The molecule has 31 heavy (non-hydrogen) atoms. The number of hydrogen-bond acceptors (Lipinski definition) is 4. The molecule has 1 aromatic heterocycles. The fourth-order valence-corrected chi connectivity index (χ4v) is 3.67. The van der Waals surface area contributed by atoms with Gasteiger partial charge in [-0.3, -0.25) is 9.78 Å². The molecule has 4 rings (SSSR count). The normalized spacial score (nSPS) is 11.6. The van der Waals surface area contributed by atoms with E-state index in [4.69, 9.17) is 9.84 Å². The maximum absolute atomic E-state index is 12.1. The summed E-state index contributed by atoms with van der Waals surface area (Å²) >= 11 is 0. The zero-order valence-electron chi connectivity index (χ0n) is 16.7. The van der Waals surface area contributed by atoms with Crippen LogP contribution < -0.4 is 5.32 Å². The van der Waals surface area contributed by atoms with Gasteiger partial charge in [0.15, 0.2) is 0 Å². The predicted octanol–water partition coefficient (Wildman–Crippen LogP) is 3.60. The molecule has 1 aliphatic rings. The molecule has 1 amide bonds. The van der Waals surface area contributed by atoms with E-state index < -0.39 is 12.1 Å². The van der Waals surface area contributed by atoms with Crippen molar-refractivity contribution in [1.29, 1.82) is 0 Å². The molecule has 154 valence electrons. The third-order valence-electron chi connectivity index (χ3n) is 5.05. The van der Waals surface area contributed by atoms with Crippen LogP contribution in [-0.4, -0.2) is 35.3 Å². The summed E-state index contributed by atoms with van der Waals surface area (Å²) in [5.74, 6) is 4.79. The Morgan fingerprint density at radius 3 is 2.29 bits per heavy atom. The van der Waals surface area contributed by atoms with E-state index in [9.17, 15) is 9.59 Å². The lowest BCUT2D eigenvalue weighted by molar-refractivity contribution is -0.136. The van der Waals surface area contributed by atoms with Gasteiger partial charge < -0.3 is 15.2 Å². The molecule has 2 aromatic carbocycles. The number of ether oxygens (including phenoxy) is 1. The van der Waals surface area contributed by atoms with Gasteiger partial charge in [0.1, 0.15) is 6.61 Å². The van der Waals surface area contributed by atoms with E-state index in [1.807, 2.05) is 24.3 Å². The van der Waals surface area contributed by atoms with Crippen molar-refractivity contribution in [2.45, 2.75) is 12.3 Å². The molecule has 0 saturated carbocycles. The fraction of sp³-hybridized carbons (Fsp3) is 0.160. The summed E-state index contributed by atoms with van der Waals surface area (Å²) in [5, 5.41) is 11.4. The number of nitrogens with zero attached hydrogens (tertiary/aromatic N) is 1. The highest BCUT2D eigenvalue weighted by atomic mass is 16.5. The Hall–Kier alpha value is -4.11. The molecule has 2 N–H and O–H groups in total. The number of carbonyl (C=O) groups is 2. The van der Waals surface area contributed by atoms with Crippen molar-refractivity contribution in [3.63, 3.8) is 0 Å². The van der Waals surface area contributed by atoms with Crippen LogP contribution in [0.4, 0.5) is 4.79 Å². The van der Waals surface area contributed by atoms with Gasteiger partial charge in [-0.25, -0.2) is 4.79 Å². The Kier molecular flexibility index (Phi) is 5.95.